The summed E-state index contributed by atoms with van der Waals surface area (Å²) in [5, 5.41) is 0. The SMILES string of the molecule is CCC1CN(C)CCCN1CCC(=O)c1ccc(Br)cc1. The smallest absolute Gasteiger partial charge is 0.164 e. The molecule has 3 nitrogen and oxygen atoms in total. The molecule has 2 rings (SSSR count). The molecule has 0 saturated carbocycles. The summed E-state index contributed by atoms with van der Waals surface area (Å²) < 4.78 is 1.01. The van der Waals surface area contributed by atoms with E-state index in [1.807, 2.05) is 24.3 Å². The van der Waals surface area contributed by atoms with Crippen molar-refractivity contribution in [2.24, 2.45) is 0 Å². The summed E-state index contributed by atoms with van der Waals surface area (Å²) in [4.78, 5) is 17.2. The van der Waals surface area contributed by atoms with Crippen molar-refractivity contribution in [1.82, 2.24) is 9.80 Å². The van der Waals surface area contributed by atoms with Crippen molar-refractivity contribution >= 4 is 21.7 Å². The molecule has 0 radical (unpaired) electrons. The molecular weight excluding hydrogens is 328 g/mol. The first kappa shape index (κ1) is 16.7. The molecule has 1 fully saturated rings. The average Bonchev–Trinajstić information content (AvgIpc) is 2.66. The standard InChI is InChI=1S/C17H25BrN2O/c1-3-16-13-19(2)10-4-11-20(16)12-9-17(21)14-5-7-15(18)8-6-14/h5-8,16H,3-4,9-13H2,1-2H3. The van der Waals surface area contributed by atoms with Crippen LogP contribution in [0.25, 0.3) is 0 Å². The highest BCUT2D eigenvalue weighted by atomic mass is 79.9. The molecule has 0 aliphatic carbocycles. The van der Waals surface area contributed by atoms with E-state index in [0.29, 0.717) is 12.5 Å². The fourth-order valence-electron chi connectivity index (χ4n) is 3.00. The van der Waals surface area contributed by atoms with Crippen molar-refractivity contribution < 1.29 is 4.79 Å². The molecule has 1 saturated heterocycles. The molecule has 0 N–H and O–H groups in total. The number of benzene rings is 1. The lowest BCUT2D eigenvalue weighted by atomic mass is 10.1. The Hall–Kier alpha value is -0.710. The van der Waals surface area contributed by atoms with Gasteiger partial charge in [-0.15, -0.1) is 0 Å². The van der Waals surface area contributed by atoms with Gasteiger partial charge in [0.05, 0.1) is 0 Å². The van der Waals surface area contributed by atoms with Crippen molar-refractivity contribution in [2.45, 2.75) is 32.2 Å². The molecule has 1 aliphatic heterocycles. The molecule has 0 bridgehead atoms. The summed E-state index contributed by atoms with van der Waals surface area (Å²) >= 11 is 3.40. The van der Waals surface area contributed by atoms with Gasteiger partial charge in [-0.05, 0) is 45.1 Å². The Balaban J connectivity index is 1.91. The Bertz CT molecular complexity index is 460. The summed E-state index contributed by atoms with van der Waals surface area (Å²) in [6, 6.07) is 8.25. The first-order chi connectivity index (χ1) is 10.1. The second-order valence-corrected chi connectivity index (χ2v) is 6.81. The Morgan fingerprint density at radius 3 is 2.67 bits per heavy atom. The number of carbonyl (C=O) groups excluding carboxylic acids is 1. The molecule has 1 aromatic rings. The highest BCUT2D eigenvalue weighted by molar-refractivity contribution is 9.10. The number of rotatable bonds is 5. The second-order valence-electron chi connectivity index (χ2n) is 5.89. The van der Waals surface area contributed by atoms with E-state index in [4.69, 9.17) is 0 Å². The van der Waals surface area contributed by atoms with Crippen molar-refractivity contribution in [1.29, 1.82) is 0 Å². The topological polar surface area (TPSA) is 23.6 Å². The molecule has 1 aliphatic rings. The lowest BCUT2D eigenvalue weighted by Gasteiger charge is -2.29. The van der Waals surface area contributed by atoms with Crippen LogP contribution in [0.5, 0.6) is 0 Å². The van der Waals surface area contributed by atoms with Crippen LogP contribution in [0, 0.1) is 0 Å². The van der Waals surface area contributed by atoms with Gasteiger partial charge in [0.2, 0.25) is 0 Å². The molecule has 1 atom stereocenters. The van der Waals surface area contributed by atoms with Gasteiger partial charge >= 0.3 is 0 Å². The number of halogens is 1. The highest BCUT2D eigenvalue weighted by Crippen LogP contribution is 2.15. The maximum Gasteiger partial charge on any atom is 0.164 e. The van der Waals surface area contributed by atoms with Crippen molar-refractivity contribution in [2.75, 3.05) is 33.2 Å². The van der Waals surface area contributed by atoms with Crippen LogP contribution in [0.15, 0.2) is 28.7 Å². The minimum Gasteiger partial charge on any atom is -0.305 e. The van der Waals surface area contributed by atoms with E-state index in [9.17, 15) is 4.79 Å². The summed E-state index contributed by atoms with van der Waals surface area (Å²) in [5.74, 6) is 0.245. The summed E-state index contributed by atoms with van der Waals surface area (Å²) in [5.41, 5.74) is 0.818. The van der Waals surface area contributed by atoms with Gasteiger partial charge in [0, 0.05) is 35.6 Å². The summed E-state index contributed by atoms with van der Waals surface area (Å²) in [7, 11) is 2.19. The van der Waals surface area contributed by atoms with Gasteiger partial charge in [0.1, 0.15) is 0 Å². The van der Waals surface area contributed by atoms with Gasteiger partial charge in [-0.25, -0.2) is 0 Å². The van der Waals surface area contributed by atoms with Crippen LogP contribution in [0.3, 0.4) is 0 Å². The molecule has 1 heterocycles. The number of hydrogen-bond donors (Lipinski definition) is 0. The van der Waals surface area contributed by atoms with Crippen LogP contribution in [0.2, 0.25) is 0 Å². The second kappa shape index (κ2) is 8.06. The van der Waals surface area contributed by atoms with Crippen LogP contribution in [-0.2, 0) is 0 Å². The van der Waals surface area contributed by atoms with Crippen LogP contribution in [0.1, 0.15) is 36.5 Å². The van der Waals surface area contributed by atoms with Gasteiger partial charge in [0.25, 0.3) is 0 Å². The Kier molecular flexibility index (Phi) is 6.40. The number of Topliss-reactive ketones (excluding diaryl/α,β-unsaturated/α-hetero) is 1. The number of hydrogen-bond acceptors (Lipinski definition) is 3. The molecule has 0 aromatic heterocycles. The fraction of sp³-hybridized carbons (Fsp3) is 0.588. The summed E-state index contributed by atoms with van der Waals surface area (Å²) in [6.07, 6.45) is 2.96. The van der Waals surface area contributed by atoms with Crippen LogP contribution < -0.4 is 0 Å². The van der Waals surface area contributed by atoms with E-state index in [0.717, 1.165) is 42.6 Å². The zero-order chi connectivity index (χ0) is 15.2. The Morgan fingerprint density at radius 1 is 1.29 bits per heavy atom. The van der Waals surface area contributed by atoms with E-state index in [1.54, 1.807) is 0 Å². The van der Waals surface area contributed by atoms with Crippen molar-refractivity contribution in [3.63, 3.8) is 0 Å². The van der Waals surface area contributed by atoms with Crippen molar-refractivity contribution in [3.05, 3.63) is 34.3 Å². The van der Waals surface area contributed by atoms with E-state index in [1.165, 1.54) is 6.42 Å². The molecular formula is C17H25BrN2O. The number of likely N-dealkylation sites (N-methyl/N-ethyl adjacent to an activating group) is 1. The van der Waals surface area contributed by atoms with Crippen LogP contribution >= 0.6 is 15.9 Å². The molecule has 4 heteroatoms. The quantitative estimate of drug-likeness (QED) is 0.758. The maximum atomic E-state index is 12.3. The van der Waals surface area contributed by atoms with Gasteiger partial charge in [0.15, 0.2) is 5.78 Å². The molecule has 0 amide bonds. The van der Waals surface area contributed by atoms with Crippen molar-refractivity contribution in [3.8, 4) is 0 Å². The van der Waals surface area contributed by atoms with Gasteiger partial charge in [-0.2, -0.15) is 0 Å². The van der Waals surface area contributed by atoms with Gasteiger partial charge in [-0.3, -0.25) is 9.69 Å². The highest BCUT2D eigenvalue weighted by Gasteiger charge is 2.22. The van der Waals surface area contributed by atoms with E-state index >= 15 is 0 Å². The average molecular weight is 353 g/mol. The summed E-state index contributed by atoms with van der Waals surface area (Å²) in [6.45, 7) is 6.50. The van der Waals surface area contributed by atoms with Crippen LogP contribution in [-0.4, -0.2) is 54.9 Å². The lowest BCUT2D eigenvalue weighted by molar-refractivity contribution is 0.0948. The number of nitrogens with zero attached hydrogens (tertiary/aromatic N) is 2. The normalized spacial score (nSPS) is 21.2. The van der Waals surface area contributed by atoms with E-state index in [2.05, 4.69) is 39.7 Å². The third-order valence-electron chi connectivity index (χ3n) is 4.29. The predicted molar refractivity (Wildman–Crippen MR) is 90.9 cm³/mol. The lowest BCUT2D eigenvalue weighted by Crippen LogP contribution is -2.40. The van der Waals surface area contributed by atoms with Gasteiger partial charge < -0.3 is 4.90 Å². The third-order valence-corrected chi connectivity index (χ3v) is 4.82. The third kappa shape index (κ3) is 4.90. The number of ketones is 1. The molecule has 21 heavy (non-hydrogen) atoms. The zero-order valence-electron chi connectivity index (χ0n) is 13.0. The first-order valence-corrected chi connectivity index (χ1v) is 8.60. The van der Waals surface area contributed by atoms with Gasteiger partial charge in [-0.1, -0.05) is 35.0 Å². The Labute approximate surface area is 136 Å². The first-order valence-electron chi connectivity index (χ1n) is 7.81. The minimum absolute atomic E-state index is 0.245. The van der Waals surface area contributed by atoms with E-state index < -0.39 is 0 Å². The monoisotopic (exact) mass is 352 g/mol. The molecule has 0 spiro atoms. The fourth-order valence-corrected chi connectivity index (χ4v) is 3.26. The zero-order valence-corrected chi connectivity index (χ0v) is 14.6. The molecule has 116 valence electrons. The maximum absolute atomic E-state index is 12.3. The van der Waals surface area contributed by atoms with Crippen LogP contribution in [0.4, 0.5) is 0 Å². The minimum atomic E-state index is 0.245. The molecule has 1 unspecified atom stereocenters. The van der Waals surface area contributed by atoms with E-state index in [-0.39, 0.29) is 5.78 Å². The molecule has 1 aromatic carbocycles. The Morgan fingerprint density at radius 2 is 2.00 bits per heavy atom. The largest absolute Gasteiger partial charge is 0.305 e. The predicted octanol–water partition coefficient (Wildman–Crippen LogP) is 3.44. The number of carbonyl (C=O) groups is 1.